The van der Waals surface area contributed by atoms with Gasteiger partial charge >= 0.3 is 6.61 Å². The predicted octanol–water partition coefficient (Wildman–Crippen LogP) is 3.15. The average molecular weight is 278 g/mol. The van der Waals surface area contributed by atoms with E-state index in [1.165, 1.54) is 6.07 Å². The number of rotatable bonds is 5. The zero-order valence-electron chi connectivity index (χ0n) is 11.0. The third-order valence-corrected chi connectivity index (χ3v) is 2.99. The molecule has 2 aromatic rings. The van der Waals surface area contributed by atoms with Crippen LogP contribution in [0.3, 0.4) is 0 Å². The molecular weight excluding hydrogens is 262 g/mol. The van der Waals surface area contributed by atoms with Crippen LogP contribution in [0.25, 0.3) is 0 Å². The van der Waals surface area contributed by atoms with Gasteiger partial charge in [0.25, 0.3) is 0 Å². The first kappa shape index (κ1) is 14.4. The molecular formula is C15H16F2N2O. The molecule has 0 spiro atoms. The summed E-state index contributed by atoms with van der Waals surface area (Å²) in [6.45, 7) is -0.911. The Hall–Kier alpha value is -1.98. The van der Waals surface area contributed by atoms with E-state index in [4.69, 9.17) is 5.84 Å². The second kappa shape index (κ2) is 6.45. The minimum Gasteiger partial charge on any atom is -0.434 e. The largest absolute Gasteiger partial charge is 0.434 e. The van der Waals surface area contributed by atoms with Gasteiger partial charge < -0.3 is 4.74 Å². The summed E-state index contributed by atoms with van der Waals surface area (Å²) >= 11 is 0. The van der Waals surface area contributed by atoms with E-state index in [2.05, 4.69) is 10.2 Å². The van der Waals surface area contributed by atoms with Crippen molar-refractivity contribution >= 4 is 0 Å². The van der Waals surface area contributed by atoms with Crippen LogP contribution in [-0.2, 0) is 0 Å². The summed E-state index contributed by atoms with van der Waals surface area (Å²) in [5.74, 6) is 5.71. The number of para-hydroxylation sites is 1. The zero-order valence-corrected chi connectivity index (χ0v) is 11.0. The maximum Gasteiger partial charge on any atom is 0.387 e. The molecule has 0 saturated carbocycles. The highest BCUT2D eigenvalue weighted by atomic mass is 19.3. The highest BCUT2D eigenvalue weighted by Crippen LogP contribution is 2.30. The van der Waals surface area contributed by atoms with Crippen molar-refractivity contribution in [2.75, 3.05) is 0 Å². The molecule has 0 saturated heterocycles. The molecule has 0 bridgehead atoms. The maximum absolute atomic E-state index is 12.5. The summed E-state index contributed by atoms with van der Waals surface area (Å²) < 4.78 is 29.5. The number of benzene rings is 2. The summed E-state index contributed by atoms with van der Waals surface area (Å²) in [7, 11) is 0. The zero-order chi connectivity index (χ0) is 14.5. The quantitative estimate of drug-likeness (QED) is 0.652. The lowest BCUT2D eigenvalue weighted by molar-refractivity contribution is -0.0506. The molecule has 0 aliphatic heterocycles. The number of hydrazine groups is 1. The molecule has 2 rings (SSSR count). The van der Waals surface area contributed by atoms with Crippen LogP contribution in [0.4, 0.5) is 8.78 Å². The lowest BCUT2D eigenvalue weighted by atomic mass is 9.97. The molecule has 2 aromatic carbocycles. The van der Waals surface area contributed by atoms with Crippen LogP contribution in [-0.4, -0.2) is 6.61 Å². The summed E-state index contributed by atoms with van der Waals surface area (Å²) in [6.07, 6.45) is 0. The SMILES string of the molecule is Cc1cccc(C(NN)c2ccccc2OC(F)F)c1. The van der Waals surface area contributed by atoms with Crippen molar-refractivity contribution in [3.8, 4) is 5.75 Å². The molecule has 3 nitrogen and oxygen atoms in total. The normalized spacial score (nSPS) is 12.4. The van der Waals surface area contributed by atoms with E-state index in [9.17, 15) is 8.78 Å². The van der Waals surface area contributed by atoms with Crippen molar-refractivity contribution in [2.24, 2.45) is 5.84 Å². The summed E-state index contributed by atoms with van der Waals surface area (Å²) in [4.78, 5) is 0. The van der Waals surface area contributed by atoms with Gasteiger partial charge in [0.15, 0.2) is 0 Å². The molecule has 0 aromatic heterocycles. The number of hydrogen-bond acceptors (Lipinski definition) is 3. The number of halogens is 2. The van der Waals surface area contributed by atoms with Crippen molar-refractivity contribution in [3.05, 3.63) is 65.2 Å². The molecule has 0 radical (unpaired) electrons. The van der Waals surface area contributed by atoms with E-state index in [1.807, 2.05) is 31.2 Å². The van der Waals surface area contributed by atoms with Crippen molar-refractivity contribution in [1.29, 1.82) is 0 Å². The summed E-state index contributed by atoms with van der Waals surface area (Å²) in [5, 5.41) is 0. The molecule has 0 aliphatic carbocycles. The Bertz CT molecular complexity index is 575. The summed E-state index contributed by atoms with van der Waals surface area (Å²) in [6, 6.07) is 13.9. The van der Waals surface area contributed by atoms with Crippen LogP contribution in [0.2, 0.25) is 0 Å². The van der Waals surface area contributed by atoms with Gasteiger partial charge in [-0.05, 0) is 18.6 Å². The Morgan fingerprint density at radius 1 is 1.10 bits per heavy atom. The predicted molar refractivity (Wildman–Crippen MR) is 73.4 cm³/mol. The van der Waals surface area contributed by atoms with E-state index in [1.54, 1.807) is 18.2 Å². The van der Waals surface area contributed by atoms with Gasteiger partial charge in [0, 0.05) is 5.56 Å². The van der Waals surface area contributed by atoms with Gasteiger partial charge in [-0.3, -0.25) is 5.84 Å². The topological polar surface area (TPSA) is 47.3 Å². The minimum absolute atomic E-state index is 0.118. The molecule has 106 valence electrons. The second-order valence-corrected chi connectivity index (χ2v) is 4.43. The smallest absolute Gasteiger partial charge is 0.387 e. The Morgan fingerprint density at radius 3 is 2.50 bits per heavy atom. The maximum atomic E-state index is 12.5. The Balaban J connectivity index is 2.41. The molecule has 3 N–H and O–H groups in total. The van der Waals surface area contributed by atoms with E-state index in [0.717, 1.165) is 11.1 Å². The van der Waals surface area contributed by atoms with Crippen molar-refractivity contribution in [3.63, 3.8) is 0 Å². The molecule has 20 heavy (non-hydrogen) atoms. The van der Waals surface area contributed by atoms with Gasteiger partial charge in [-0.2, -0.15) is 8.78 Å². The number of ether oxygens (including phenoxy) is 1. The van der Waals surface area contributed by atoms with Crippen molar-refractivity contribution in [1.82, 2.24) is 5.43 Å². The third kappa shape index (κ3) is 3.31. The van der Waals surface area contributed by atoms with Crippen LogP contribution >= 0.6 is 0 Å². The third-order valence-electron chi connectivity index (χ3n) is 2.99. The fourth-order valence-electron chi connectivity index (χ4n) is 2.14. The van der Waals surface area contributed by atoms with E-state index in [-0.39, 0.29) is 5.75 Å². The van der Waals surface area contributed by atoms with Gasteiger partial charge in [0.05, 0.1) is 6.04 Å². The van der Waals surface area contributed by atoms with Gasteiger partial charge in [0.2, 0.25) is 0 Å². The first-order valence-electron chi connectivity index (χ1n) is 6.18. The second-order valence-electron chi connectivity index (χ2n) is 4.43. The summed E-state index contributed by atoms with van der Waals surface area (Å²) in [5.41, 5.74) is 5.17. The number of aryl methyl sites for hydroxylation is 1. The van der Waals surface area contributed by atoms with Crippen LogP contribution in [0.15, 0.2) is 48.5 Å². The number of hydrogen-bond donors (Lipinski definition) is 2. The van der Waals surface area contributed by atoms with Crippen molar-refractivity contribution in [2.45, 2.75) is 19.6 Å². The minimum atomic E-state index is -2.87. The molecule has 1 unspecified atom stereocenters. The molecule has 1 atom stereocenters. The lowest BCUT2D eigenvalue weighted by Crippen LogP contribution is -2.29. The van der Waals surface area contributed by atoms with E-state index in [0.29, 0.717) is 5.56 Å². The fourth-order valence-corrected chi connectivity index (χ4v) is 2.14. The first-order valence-corrected chi connectivity index (χ1v) is 6.18. The number of nitrogens with one attached hydrogen (secondary N) is 1. The molecule has 0 fully saturated rings. The highest BCUT2D eigenvalue weighted by Gasteiger charge is 2.18. The average Bonchev–Trinajstić information content (AvgIpc) is 2.41. The first-order chi connectivity index (χ1) is 9.61. The van der Waals surface area contributed by atoms with Gasteiger partial charge in [0.1, 0.15) is 5.75 Å². The number of alkyl halides is 2. The van der Waals surface area contributed by atoms with Gasteiger partial charge in [-0.1, -0.05) is 48.0 Å². The standard InChI is InChI=1S/C15H16F2N2O/c1-10-5-4-6-11(9-10)14(19-18)12-7-2-3-8-13(12)20-15(16)17/h2-9,14-15,19H,18H2,1H3. The Kier molecular flexibility index (Phi) is 4.65. The van der Waals surface area contributed by atoms with Crippen LogP contribution in [0.5, 0.6) is 5.75 Å². The van der Waals surface area contributed by atoms with Gasteiger partial charge in [-0.25, -0.2) is 5.43 Å². The molecule has 0 heterocycles. The van der Waals surface area contributed by atoms with E-state index < -0.39 is 12.7 Å². The van der Waals surface area contributed by atoms with Crippen LogP contribution in [0.1, 0.15) is 22.7 Å². The monoisotopic (exact) mass is 278 g/mol. The molecule has 0 aliphatic rings. The Labute approximate surface area is 116 Å². The van der Waals surface area contributed by atoms with Crippen molar-refractivity contribution < 1.29 is 13.5 Å². The molecule has 0 amide bonds. The lowest BCUT2D eigenvalue weighted by Gasteiger charge is -2.20. The van der Waals surface area contributed by atoms with E-state index >= 15 is 0 Å². The number of nitrogens with two attached hydrogens (primary N) is 1. The van der Waals surface area contributed by atoms with Crippen LogP contribution < -0.4 is 16.0 Å². The molecule has 5 heteroatoms. The van der Waals surface area contributed by atoms with Crippen LogP contribution in [0, 0.1) is 6.92 Å². The fraction of sp³-hybridized carbons (Fsp3) is 0.200. The highest BCUT2D eigenvalue weighted by molar-refractivity contribution is 5.42. The Morgan fingerprint density at radius 2 is 1.85 bits per heavy atom. The van der Waals surface area contributed by atoms with Gasteiger partial charge in [-0.15, -0.1) is 0 Å².